The van der Waals surface area contributed by atoms with Crippen LogP contribution in [0, 0.1) is 11.3 Å². The Bertz CT molecular complexity index is 395. The van der Waals surface area contributed by atoms with E-state index in [1.807, 2.05) is 13.0 Å². The Morgan fingerprint density at radius 1 is 1.80 bits per heavy atom. The van der Waals surface area contributed by atoms with Crippen LogP contribution in [0.25, 0.3) is 0 Å². The molecule has 0 aliphatic carbocycles. The molecule has 80 valence electrons. The third-order valence-electron chi connectivity index (χ3n) is 3.17. The third kappa shape index (κ3) is 1.20. The number of ether oxygens (including phenoxy) is 2. The van der Waals surface area contributed by atoms with Gasteiger partial charge in [0.05, 0.1) is 6.10 Å². The summed E-state index contributed by atoms with van der Waals surface area (Å²) in [7, 11) is 0. The van der Waals surface area contributed by atoms with Crippen LogP contribution in [0.5, 0.6) is 0 Å². The Hall–Kier alpha value is -1.34. The van der Waals surface area contributed by atoms with Gasteiger partial charge in [-0.1, -0.05) is 0 Å². The van der Waals surface area contributed by atoms with Crippen LogP contribution in [0.4, 0.5) is 0 Å². The van der Waals surface area contributed by atoms with Gasteiger partial charge < -0.3 is 9.47 Å². The summed E-state index contributed by atoms with van der Waals surface area (Å²) >= 11 is 0. The molecule has 0 aromatic rings. The summed E-state index contributed by atoms with van der Waals surface area (Å²) < 4.78 is 10.9. The molecule has 4 heteroatoms. The van der Waals surface area contributed by atoms with E-state index in [1.165, 1.54) is 6.92 Å². The summed E-state index contributed by atoms with van der Waals surface area (Å²) in [4.78, 5) is 11.0. The molecule has 3 atom stereocenters. The summed E-state index contributed by atoms with van der Waals surface area (Å²) in [5, 5.41) is 9.20. The maximum Gasteiger partial charge on any atom is 0.304 e. The first-order valence-corrected chi connectivity index (χ1v) is 4.90. The summed E-state index contributed by atoms with van der Waals surface area (Å²) in [6, 6.07) is 2.09. The molecule has 4 nitrogen and oxygen atoms in total. The zero-order valence-corrected chi connectivity index (χ0v) is 9.03. The van der Waals surface area contributed by atoms with Gasteiger partial charge in [0.15, 0.2) is 0 Å². The highest BCUT2D eigenvalue weighted by Crippen LogP contribution is 2.50. The van der Waals surface area contributed by atoms with Crippen molar-refractivity contribution in [3.8, 4) is 6.07 Å². The van der Waals surface area contributed by atoms with Gasteiger partial charge in [0.25, 0.3) is 0 Å². The van der Waals surface area contributed by atoms with Gasteiger partial charge in [-0.15, -0.1) is 0 Å². The second-order valence-electron chi connectivity index (χ2n) is 4.34. The molecule has 2 aliphatic rings. The van der Waals surface area contributed by atoms with Crippen LogP contribution in [-0.4, -0.2) is 23.3 Å². The van der Waals surface area contributed by atoms with Gasteiger partial charge in [-0.25, -0.2) is 0 Å². The van der Waals surface area contributed by atoms with E-state index >= 15 is 0 Å². The van der Waals surface area contributed by atoms with Gasteiger partial charge in [-0.2, -0.15) is 5.26 Å². The maximum absolute atomic E-state index is 11.0. The zero-order chi connectivity index (χ0) is 11.3. The van der Waals surface area contributed by atoms with Crippen molar-refractivity contribution in [3.05, 3.63) is 11.6 Å². The Morgan fingerprint density at radius 2 is 2.47 bits per heavy atom. The van der Waals surface area contributed by atoms with Gasteiger partial charge in [0, 0.05) is 13.3 Å². The third-order valence-corrected chi connectivity index (χ3v) is 3.17. The maximum atomic E-state index is 11.0. The fourth-order valence-corrected chi connectivity index (χ4v) is 2.40. The van der Waals surface area contributed by atoms with Crippen molar-refractivity contribution in [1.82, 2.24) is 0 Å². The molecule has 0 radical (unpaired) electrons. The Labute approximate surface area is 88.5 Å². The molecule has 0 amide bonds. The van der Waals surface area contributed by atoms with E-state index in [9.17, 15) is 10.1 Å². The lowest BCUT2D eigenvalue weighted by molar-refractivity contribution is -0.160. The minimum Gasteiger partial charge on any atom is -0.440 e. The van der Waals surface area contributed by atoms with Crippen molar-refractivity contribution in [2.45, 2.75) is 44.5 Å². The Balaban J connectivity index is 2.40. The van der Waals surface area contributed by atoms with Crippen LogP contribution in [0.3, 0.4) is 0 Å². The smallest absolute Gasteiger partial charge is 0.304 e. The standard InChI is InChI=1S/C11H13NO3/c1-7-4-10(3)11(6-12,14-8(2)13)5-9(7)15-10/h4,9H,5H2,1-3H3/t9-,10-,11-/m1/s1. The second-order valence-corrected chi connectivity index (χ2v) is 4.34. The van der Waals surface area contributed by atoms with Crippen molar-refractivity contribution >= 4 is 5.97 Å². The Morgan fingerprint density at radius 3 is 2.80 bits per heavy atom. The summed E-state index contributed by atoms with van der Waals surface area (Å²) in [5.41, 5.74) is -0.832. The molecular formula is C11H13NO3. The van der Waals surface area contributed by atoms with Crippen LogP contribution < -0.4 is 0 Å². The molecular weight excluding hydrogens is 194 g/mol. The molecule has 0 aromatic carbocycles. The lowest BCUT2D eigenvalue weighted by Gasteiger charge is -2.33. The van der Waals surface area contributed by atoms with E-state index in [0.29, 0.717) is 6.42 Å². The quantitative estimate of drug-likeness (QED) is 0.480. The molecule has 2 bridgehead atoms. The van der Waals surface area contributed by atoms with E-state index in [2.05, 4.69) is 6.07 Å². The molecule has 0 aromatic heterocycles. The number of nitrogens with zero attached hydrogens (tertiary/aromatic N) is 1. The zero-order valence-electron chi connectivity index (χ0n) is 9.03. The van der Waals surface area contributed by atoms with E-state index < -0.39 is 17.2 Å². The Kier molecular flexibility index (Phi) is 1.92. The monoisotopic (exact) mass is 207 g/mol. The van der Waals surface area contributed by atoms with Crippen LogP contribution in [-0.2, 0) is 14.3 Å². The number of nitriles is 1. The molecule has 2 rings (SSSR count). The highest BCUT2D eigenvalue weighted by molar-refractivity contribution is 5.67. The predicted octanol–water partition coefficient (Wildman–Crippen LogP) is 1.32. The largest absolute Gasteiger partial charge is 0.440 e. The highest BCUT2D eigenvalue weighted by atomic mass is 16.6. The van der Waals surface area contributed by atoms with E-state index in [4.69, 9.17) is 9.47 Å². The molecule has 0 unspecified atom stereocenters. The number of carbonyl (C=O) groups excluding carboxylic acids is 1. The van der Waals surface area contributed by atoms with Crippen LogP contribution in [0.1, 0.15) is 27.2 Å². The van der Waals surface area contributed by atoms with Crippen molar-refractivity contribution in [2.75, 3.05) is 0 Å². The lowest BCUT2D eigenvalue weighted by atomic mass is 9.78. The molecule has 2 heterocycles. The molecule has 1 saturated heterocycles. The molecule has 2 aliphatic heterocycles. The fourth-order valence-electron chi connectivity index (χ4n) is 2.40. The number of rotatable bonds is 1. The number of hydrogen-bond donors (Lipinski definition) is 0. The normalized spacial score (nSPS) is 42.3. The van der Waals surface area contributed by atoms with E-state index in [0.717, 1.165) is 5.57 Å². The minimum atomic E-state index is -1.15. The molecule has 0 N–H and O–H groups in total. The van der Waals surface area contributed by atoms with Crippen LogP contribution in [0.2, 0.25) is 0 Å². The SMILES string of the molecule is CC(=O)O[C@@]1(C#N)C[C@H]2O[C@]1(C)C=C2C. The highest BCUT2D eigenvalue weighted by Gasteiger charge is 2.63. The van der Waals surface area contributed by atoms with Gasteiger partial charge in [-0.3, -0.25) is 4.79 Å². The van der Waals surface area contributed by atoms with E-state index in [-0.39, 0.29) is 6.10 Å². The van der Waals surface area contributed by atoms with Gasteiger partial charge in [-0.05, 0) is 25.5 Å². The first kappa shape index (κ1) is 10.2. The average molecular weight is 207 g/mol. The van der Waals surface area contributed by atoms with Gasteiger partial charge in [0.2, 0.25) is 5.60 Å². The summed E-state index contributed by atoms with van der Waals surface area (Å²) in [6.07, 6.45) is 2.23. The topological polar surface area (TPSA) is 59.3 Å². The van der Waals surface area contributed by atoms with Crippen molar-refractivity contribution in [1.29, 1.82) is 5.26 Å². The van der Waals surface area contributed by atoms with Crippen molar-refractivity contribution in [3.63, 3.8) is 0 Å². The molecule has 15 heavy (non-hydrogen) atoms. The van der Waals surface area contributed by atoms with Gasteiger partial charge in [0.1, 0.15) is 11.7 Å². The molecule has 1 fully saturated rings. The number of fused-ring (bicyclic) bond motifs is 2. The first-order valence-electron chi connectivity index (χ1n) is 4.90. The van der Waals surface area contributed by atoms with Crippen molar-refractivity contribution in [2.24, 2.45) is 0 Å². The van der Waals surface area contributed by atoms with Gasteiger partial charge >= 0.3 is 5.97 Å². The van der Waals surface area contributed by atoms with Crippen LogP contribution >= 0.6 is 0 Å². The number of carbonyl (C=O) groups is 1. The molecule has 0 saturated carbocycles. The minimum absolute atomic E-state index is 0.0889. The average Bonchev–Trinajstić information content (AvgIpc) is 2.54. The number of esters is 1. The summed E-state index contributed by atoms with van der Waals surface area (Å²) in [5.74, 6) is -0.444. The molecule has 0 spiro atoms. The van der Waals surface area contributed by atoms with Crippen LogP contribution in [0.15, 0.2) is 11.6 Å². The predicted molar refractivity (Wildman–Crippen MR) is 51.8 cm³/mol. The first-order chi connectivity index (χ1) is 6.92. The second kappa shape index (κ2) is 2.83. The fraction of sp³-hybridized carbons (Fsp3) is 0.636. The lowest BCUT2D eigenvalue weighted by Crippen LogP contribution is -2.49. The number of hydrogen-bond acceptors (Lipinski definition) is 4. The van der Waals surface area contributed by atoms with Crippen molar-refractivity contribution < 1.29 is 14.3 Å². The summed E-state index contributed by atoms with van der Waals surface area (Å²) in [6.45, 7) is 5.06. The van der Waals surface area contributed by atoms with E-state index in [1.54, 1.807) is 6.92 Å².